The molecule has 0 unspecified atom stereocenters. The summed E-state index contributed by atoms with van der Waals surface area (Å²) < 4.78 is 0. The van der Waals surface area contributed by atoms with Gasteiger partial charge in [-0.1, -0.05) is 45.0 Å². The van der Waals surface area contributed by atoms with Crippen molar-refractivity contribution in [2.75, 3.05) is 51.7 Å². The quantitative estimate of drug-likeness (QED) is 0.554. The van der Waals surface area contributed by atoms with E-state index in [0.717, 1.165) is 57.5 Å². The lowest BCUT2D eigenvalue weighted by atomic mass is 9.86. The number of nitrogens with zero attached hydrogens (tertiary/aromatic N) is 4. The SMILES string of the molecule is CN=C(NCCc1ccc(C(C)(C)C)cc1)NCc1ccnc(N2CCN(C)CC2)c1. The number of anilines is 1. The second kappa shape index (κ2) is 10.6. The van der Waals surface area contributed by atoms with E-state index in [4.69, 9.17) is 0 Å². The molecule has 1 aromatic heterocycles. The van der Waals surface area contributed by atoms with E-state index in [2.05, 4.69) is 94.6 Å². The maximum Gasteiger partial charge on any atom is 0.191 e. The van der Waals surface area contributed by atoms with Crippen LogP contribution in [0.25, 0.3) is 0 Å². The Bertz CT molecular complexity index is 845. The van der Waals surface area contributed by atoms with Crippen LogP contribution in [0.1, 0.15) is 37.5 Å². The molecule has 1 aromatic carbocycles. The largest absolute Gasteiger partial charge is 0.356 e. The minimum Gasteiger partial charge on any atom is -0.356 e. The van der Waals surface area contributed by atoms with E-state index in [1.807, 2.05) is 13.2 Å². The van der Waals surface area contributed by atoms with E-state index in [1.165, 1.54) is 16.7 Å². The van der Waals surface area contributed by atoms with E-state index in [0.29, 0.717) is 0 Å². The Hall–Kier alpha value is -2.60. The van der Waals surface area contributed by atoms with Crippen LogP contribution < -0.4 is 15.5 Å². The molecule has 1 aliphatic rings. The van der Waals surface area contributed by atoms with Gasteiger partial charge in [0, 0.05) is 52.5 Å². The molecule has 2 heterocycles. The van der Waals surface area contributed by atoms with Crippen molar-refractivity contribution in [2.45, 2.75) is 39.2 Å². The molecule has 31 heavy (non-hydrogen) atoms. The molecule has 1 saturated heterocycles. The lowest BCUT2D eigenvalue weighted by Crippen LogP contribution is -2.44. The van der Waals surface area contributed by atoms with Gasteiger partial charge >= 0.3 is 0 Å². The van der Waals surface area contributed by atoms with Gasteiger partial charge in [-0.25, -0.2) is 4.98 Å². The first-order chi connectivity index (χ1) is 14.8. The zero-order valence-corrected chi connectivity index (χ0v) is 19.8. The molecule has 168 valence electrons. The number of aromatic nitrogens is 1. The Morgan fingerprint density at radius 2 is 1.71 bits per heavy atom. The van der Waals surface area contributed by atoms with Gasteiger partial charge in [0.1, 0.15) is 5.82 Å². The third-order valence-electron chi connectivity index (χ3n) is 5.85. The summed E-state index contributed by atoms with van der Waals surface area (Å²) in [5.74, 6) is 1.89. The molecule has 6 heteroatoms. The van der Waals surface area contributed by atoms with Crippen LogP contribution in [0, 0.1) is 0 Å². The Kier molecular flexibility index (Phi) is 7.91. The van der Waals surface area contributed by atoms with Crippen molar-refractivity contribution in [3.63, 3.8) is 0 Å². The molecule has 0 bridgehead atoms. The van der Waals surface area contributed by atoms with Crippen molar-refractivity contribution in [1.82, 2.24) is 20.5 Å². The number of aliphatic imine (C=N–C) groups is 1. The van der Waals surface area contributed by atoms with Crippen molar-refractivity contribution >= 4 is 11.8 Å². The van der Waals surface area contributed by atoms with E-state index in [-0.39, 0.29) is 5.41 Å². The summed E-state index contributed by atoms with van der Waals surface area (Å²) in [5, 5.41) is 6.85. The fourth-order valence-electron chi connectivity index (χ4n) is 3.68. The van der Waals surface area contributed by atoms with Crippen LogP contribution in [-0.2, 0) is 18.4 Å². The number of likely N-dealkylation sites (N-methyl/N-ethyl adjacent to an activating group) is 1. The summed E-state index contributed by atoms with van der Waals surface area (Å²) in [5.41, 5.74) is 4.11. The molecular formula is C25H38N6. The smallest absolute Gasteiger partial charge is 0.191 e. The van der Waals surface area contributed by atoms with Gasteiger partial charge in [-0.2, -0.15) is 0 Å². The highest BCUT2D eigenvalue weighted by Gasteiger charge is 2.15. The van der Waals surface area contributed by atoms with Crippen molar-refractivity contribution < 1.29 is 0 Å². The predicted molar refractivity (Wildman–Crippen MR) is 131 cm³/mol. The number of nitrogens with one attached hydrogen (secondary N) is 2. The fraction of sp³-hybridized carbons (Fsp3) is 0.520. The number of benzene rings is 1. The van der Waals surface area contributed by atoms with E-state index in [1.54, 1.807) is 0 Å². The van der Waals surface area contributed by atoms with Crippen LogP contribution in [0.15, 0.2) is 47.6 Å². The topological polar surface area (TPSA) is 55.8 Å². The third kappa shape index (κ3) is 6.96. The standard InChI is InChI=1S/C25H38N6/c1-25(2,3)22-8-6-20(7-9-22)10-13-28-24(26-4)29-19-21-11-12-27-23(18-21)31-16-14-30(5)15-17-31/h6-9,11-12,18H,10,13-17,19H2,1-5H3,(H2,26,28,29). The highest BCUT2D eigenvalue weighted by molar-refractivity contribution is 5.79. The Balaban J connectivity index is 1.46. The molecule has 2 N–H and O–H groups in total. The van der Waals surface area contributed by atoms with Crippen LogP contribution in [-0.4, -0.2) is 62.7 Å². The third-order valence-corrected chi connectivity index (χ3v) is 5.85. The number of hydrogen-bond donors (Lipinski definition) is 2. The highest BCUT2D eigenvalue weighted by Crippen LogP contribution is 2.22. The minimum atomic E-state index is 0.194. The molecule has 3 rings (SSSR count). The van der Waals surface area contributed by atoms with Crippen LogP contribution in [0.5, 0.6) is 0 Å². The lowest BCUT2D eigenvalue weighted by molar-refractivity contribution is 0.312. The Labute approximate surface area is 187 Å². The molecule has 0 spiro atoms. The molecule has 2 aromatic rings. The zero-order valence-electron chi connectivity index (χ0n) is 19.8. The van der Waals surface area contributed by atoms with Gasteiger partial charge in [0.05, 0.1) is 0 Å². The van der Waals surface area contributed by atoms with Crippen molar-refractivity contribution in [2.24, 2.45) is 4.99 Å². The molecule has 0 saturated carbocycles. The van der Waals surface area contributed by atoms with Crippen LogP contribution in [0.3, 0.4) is 0 Å². The minimum absolute atomic E-state index is 0.194. The Morgan fingerprint density at radius 1 is 1.00 bits per heavy atom. The summed E-state index contributed by atoms with van der Waals surface area (Å²) in [6.45, 7) is 12.5. The molecule has 0 radical (unpaired) electrons. The average Bonchev–Trinajstić information content (AvgIpc) is 2.76. The molecule has 1 aliphatic heterocycles. The molecule has 0 amide bonds. The lowest BCUT2D eigenvalue weighted by Gasteiger charge is -2.33. The van der Waals surface area contributed by atoms with Crippen LogP contribution in [0.2, 0.25) is 0 Å². The van der Waals surface area contributed by atoms with Crippen molar-refractivity contribution in [3.05, 3.63) is 59.3 Å². The molecule has 1 fully saturated rings. The summed E-state index contributed by atoms with van der Waals surface area (Å²) in [6, 6.07) is 13.2. The van der Waals surface area contributed by atoms with Crippen LogP contribution in [0.4, 0.5) is 5.82 Å². The van der Waals surface area contributed by atoms with Gasteiger partial charge in [-0.3, -0.25) is 4.99 Å². The van der Waals surface area contributed by atoms with Gasteiger partial charge in [0.2, 0.25) is 0 Å². The fourth-order valence-corrected chi connectivity index (χ4v) is 3.68. The zero-order chi connectivity index (χ0) is 22.3. The molecule has 6 nitrogen and oxygen atoms in total. The summed E-state index contributed by atoms with van der Waals surface area (Å²) in [4.78, 5) is 13.7. The summed E-state index contributed by atoms with van der Waals surface area (Å²) >= 11 is 0. The molecular weight excluding hydrogens is 384 g/mol. The van der Waals surface area contributed by atoms with Gasteiger partial charge in [0.25, 0.3) is 0 Å². The number of rotatable bonds is 6. The number of hydrogen-bond acceptors (Lipinski definition) is 4. The van der Waals surface area contributed by atoms with Crippen molar-refractivity contribution in [1.29, 1.82) is 0 Å². The van der Waals surface area contributed by atoms with Gasteiger partial charge in [0.15, 0.2) is 5.96 Å². The first-order valence-electron chi connectivity index (χ1n) is 11.3. The second-order valence-electron chi connectivity index (χ2n) is 9.36. The number of piperazine rings is 1. The summed E-state index contributed by atoms with van der Waals surface area (Å²) in [7, 11) is 3.99. The van der Waals surface area contributed by atoms with E-state index < -0.39 is 0 Å². The normalized spacial score (nSPS) is 15.8. The average molecular weight is 423 g/mol. The first-order valence-corrected chi connectivity index (χ1v) is 11.3. The van der Waals surface area contributed by atoms with Crippen LogP contribution >= 0.6 is 0 Å². The van der Waals surface area contributed by atoms with Gasteiger partial charge in [-0.15, -0.1) is 0 Å². The number of pyridine rings is 1. The van der Waals surface area contributed by atoms with E-state index >= 15 is 0 Å². The molecule has 0 atom stereocenters. The van der Waals surface area contributed by atoms with Crippen molar-refractivity contribution in [3.8, 4) is 0 Å². The monoisotopic (exact) mass is 422 g/mol. The predicted octanol–water partition coefficient (Wildman–Crippen LogP) is 3.04. The second-order valence-corrected chi connectivity index (χ2v) is 9.36. The van der Waals surface area contributed by atoms with Gasteiger partial charge < -0.3 is 20.4 Å². The maximum atomic E-state index is 4.57. The highest BCUT2D eigenvalue weighted by atomic mass is 15.3. The molecule has 0 aliphatic carbocycles. The van der Waals surface area contributed by atoms with E-state index in [9.17, 15) is 0 Å². The maximum absolute atomic E-state index is 4.57. The first kappa shape index (κ1) is 23.1. The Morgan fingerprint density at radius 3 is 2.35 bits per heavy atom. The number of guanidine groups is 1. The summed E-state index contributed by atoms with van der Waals surface area (Å²) in [6.07, 6.45) is 2.87. The van der Waals surface area contributed by atoms with Gasteiger partial charge in [-0.05, 0) is 47.7 Å².